The average molecular weight is 232 g/mol. The number of aromatic hydroxyl groups is 1. The predicted molar refractivity (Wildman–Crippen MR) is 63.4 cm³/mol. The van der Waals surface area contributed by atoms with Gasteiger partial charge in [-0.25, -0.2) is 4.79 Å². The van der Waals surface area contributed by atoms with Gasteiger partial charge in [0.2, 0.25) is 5.88 Å². The SMILES string of the molecule is CCn1c(O)c(N=NC(N)=O)c2ccccc21. The van der Waals surface area contributed by atoms with Crippen molar-refractivity contribution in [2.45, 2.75) is 13.5 Å². The highest BCUT2D eigenvalue weighted by Crippen LogP contribution is 2.38. The summed E-state index contributed by atoms with van der Waals surface area (Å²) in [7, 11) is 0. The maximum absolute atomic E-state index is 10.6. The highest BCUT2D eigenvalue weighted by atomic mass is 16.3. The van der Waals surface area contributed by atoms with Crippen LogP contribution in [0.25, 0.3) is 10.9 Å². The monoisotopic (exact) mass is 232 g/mol. The van der Waals surface area contributed by atoms with Gasteiger partial charge in [0.1, 0.15) is 0 Å². The zero-order valence-electron chi connectivity index (χ0n) is 9.29. The van der Waals surface area contributed by atoms with E-state index >= 15 is 0 Å². The number of nitrogens with zero attached hydrogens (tertiary/aromatic N) is 3. The molecule has 2 aromatic rings. The quantitative estimate of drug-likeness (QED) is 0.778. The minimum Gasteiger partial charge on any atom is -0.493 e. The Kier molecular flexibility index (Phi) is 2.78. The zero-order valence-corrected chi connectivity index (χ0v) is 9.29. The topological polar surface area (TPSA) is 93.0 Å². The summed E-state index contributed by atoms with van der Waals surface area (Å²) >= 11 is 0. The van der Waals surface area contributed by atoms with E-state index in [1.165, 1.54) is 0 Å². The number of urea groups is 1. The van der Waals surface area contributed by atoms with E-state index < -0.39 is 6.03 Å². The van der Waals surface area contributed by atoms with Gasteiger partial charge in [-0.1, -0.05) is 23.3 Å². The number of aryl methyl sites for hydroxylation is 1. The first kappa shape index (κ1) is 11.1. The maximum Gasteiger partial charge on any atom is 0.356 e. The number of hydrogen-bond acceptors (Lipinski definition) is 3. The van der Waals surface area contributed by atoms with Crippen LogP contribution in [0.15, 0.2) is 34.5 Å². The number of primary amides is 1. The van der Waals surface area contributed by atoms with Crippen LogP contribution in [0.3, 0.4) is 0 Å². The lowest BCUT2D eigenvalue weighted by Gasteiger charge is -2.00. The number of aromatic nitrogens is 1. The largest absolute Gasteiger partial charge is 0.493 e. The molecule has 0 fully saturated rings. The molecule has 0 radical (unpaired) electrons. The van der Waals surface area contributed by atoms with Crippen LogP contribution >= 0.6 is 0 Å². The number of amides is 2. The Morgan fingerprint density at radius 2 is 2.18 bits per heavy atom. The first-order chi connectivity index (χ1) is 8.15. The molecule has 0 saturated heterocycles. The molecule has 0 bridgehead atoms. The van der Waals surface area contributed by atoms with Crippen molar-refractivity contribution in [1.29, 1.82) is 0 Å². The normalized spacial score (nSPS) is 11.4. The van der Waals surface area contributed by atoms with Crippen molar-refractivity contribution in [1.82, 2.24) is 4.57 Å². The third-order valence-corrected chi connectivity index (χ3v) is 2.48. The summed E-state index contributed by atoms with van der Waals surface area (Å²) in [5.41, 5.74) is 5.99. The van der Waals surface area contributed by atoms with Crippen LogP contribution in [0.4, 0.5) is 10.5 Å². The molecule has 17 heavy (non-hydrogen) atoms. The first-order valence-electron chi connectivity index (χ1n) is 5.16. The summed E-state index contributed by atoms with van der Waals surface area (Å²) in [4.78, 5) is 10.6. The van der Waals surface area contributed by atoms with Crippen molar-refractivity contribution in [3.05, 3.63) is 24.3 Å². The third kappa shape index (κ3) is 1.84. The van der Waals surface area contributed by atoms with Gasteiger partial charge in [0.15, 0.2) is 5.69 Å². The van der Waals surface area contributed by atoms with Crippen molar-refractivity contribution >= 4 is 22.6 Å². The Bertz CT molecular complexity index is 601. The molecule has 0 atom stereocenters. The Morgan fingerprint density at radius 1 is 1.47 bits per heavy atom. The van der Waals surface area contributed by atoms with Gasteiger partial charge in [-0.15, -0.1) is 5.11 Å². The van der Waals surface area contributed by atoms with Crippen molar-refractivity contribution in [3.8, 4) is 5.88 Å². The summed E-state index contributed by atoms with van der Waals surface area (Å²) in [6.07, 6.45) is 0. The lowest BCUT2D eigenvalue weighted by molar-refractivity contribution is 0.255. The first-order valence-corrected chi connectivity index (χ1v) is 5.16. The molecule has 1 aromatic carbocycles. The summed E-state index contributed by atoms with van der Waals surface area (Å²) in [6.45, 7) is 2.50. The third-order valence-electron chi connectivity index (χ3n) is 2.48. The van der Waals surface area contributed by atoms with Gasteiger partial charge in [0.05, 0.1) is 5.52 Å². The fourth-order valence-corrected chi connectivity index (χ4v) is 1.79. The van der Waals surface area contributed by atoms with Crippen molar-refractivity contribution in [2.75, 3.05) is 0 Å². The second kappa shape index (κ2) is 4.25. The van der Waals surface area contributed by atoms with Crippen molar-refractivity contribution in [3.63, 3.8) is 0 Å². The van der Waals surface area contributed by atoms with Crippen LogP contribution in [0.5, 0.6) is 5.88 Å². The number of para-hydroxylation sites is 1. The molecule has 0 saturated carbocycles. The minimum absolute atomic E-state index is 0.0151. The summed E-state index contributed by atoms with van der Waals surface area (Å²) in [5, 5.41) is 17.6. The Hall–Kier alpha value is -2.37. The van der Waals surface area contributed by atoms with Gasteiger partial charge in [0.25, 0.3) is 0 Å². The van der Waals surface area contributed by atoms with Crippen LogP contribution in [0.1, 0.15) is 6.92 Å². The molecule has 0 unspecified atom stereocenters. The fraction of sp³-hybridized carbons (Fsp3) is 0.182. The minimum atomic E-state index is -0.891. The van der Waals surface area contributed by atoms with Crippen LogP contribution in [0, 0.1) is 0 Å². The number of azo groups is 1. The number of rotatable bonds is 2. The number of nitrogens with two attached hydrogens (primary N) is 1. The van der Waals surface area contributed by atoms with Gasteiger partial charge < -0.3 is 15.4 Å². The fourth-order valence-electron chi connectivity index (χ4n) is 1.79. The molecule has 0 spiro atoms. The van der Waals surface area contributed by atoms with Gasteiger partial charge >= 0.3 is 6.03 Å². The van der Waals surface area contributed by atoms with Crippen LogP contribution in [-0.4, -0.2) is 15.7 Å². The van der Waals surface area contributed by atoms with E-state index in [0.717, 1.165) is 10.9 Å². The Morgan fingerprint density at radius 3 is 2.82 bits per heavy atom. The highest BCUT2D eigenvalue weighted by molar-refractivity contribution is 5.95. The lowest BCUT2D eigenvalue weighted by Crippen LogP contribution is -2.01. The molecule has 2 amide bonds. The standard InChI is InChI=1S/C11H12N4O2/c1-2-15-8-6-4-3-5-7(8)9(10(15)16)13-14-11(12)17/h3-6,16H,2H2,1H3,(H2,12,17). The molecule has 6 heteroatoms. The number of carbonyl (C=O) groups is 1. The molecule has 0 aliphatic heterocycles. The molecule has 3 N–H and O–H groups in total. The maximum atomic E-state index is 10.6. The lowest BCUT2D eigenvalue weighted by atomic mass is 10.2. The Labute approximate surface area is 97.4 Å². The molecule has 88 valence electrons. The second-order valence-corrected chi connectivity index (χ2v) is 3.47. The van der Waals surface area contributed by atoms with Crippen LogP contribution < -0.4 is 5.73 Å². The number of fused-ring (bicyclic) bond motifs is 1. The second-order valence-electron chi connectivity index (χ2n) is 3.47. The van der Waals surface area contributed by atoms with Crippen LogP contribution in [-0.2, 0) is 6.54 Å². The molecule has 6 nitrogen and oxygen atoms in total. The van der Waals surface area contributed by atoms with Crippen molar-refractivity contribution < 1.29 is 9.90 Å². The van der Waals surface area contributed by atoms with E-state index in [-0.39, 0.29) is 11.6 Å². The number of benzene rings is 1. The van der Waals surface area contributed by atoms with E-state index in [1.807, 2.05) is 25.1 Å². The van der Waals surface area contributed by atoms with Gasteiger partial charge in [0, 0.05) is 11.9 Å². The van der Waals surface area contributed by atoms with Crippen LogP contribution in [0.2, 0.25) is 0 Å². The predicted octanol–water partition coefficient (Wildman–Crippen LogP) is 2.53. The van der Waals surface area contributed by atoms with Gasteiger partial charge in [-0.2, -0.15) is 0 Å². The number of carbonyl (C=O) groups excluding carboxylic acids is 1. The molecule has 0 aliphatic rings. The summed E-state index contributed by atoms with van der Waals surface area (Å²) in [5.74, 6) is -0.0151. The molecular weight excluding hydrogens is 220 g/mol. The highest BCUT2D eigenvalue weighted by Gasteiger charge is 2.14. The van der Waals surface area contributed by atoms with E-state index in [2.05, 4.69) is 10.2 Å². The van der Waals surface area contributed by atoms with Crippen molar-refractivity contribution in [2.24, 2.45) is 16.0 Å². The Balaban J connectivity index is 2.70. The zero-order chi connectivity index (χ0) is 12.4. The molecular formula is C11H12N4O2. The number of hydrogen-bond donors (Lipinski definition) is 2. The molecule has 0 aliphatic carbocycles. The van der Waals surface area contributed by atoms with Gasteiger partial charge in [-0.3, -0.25) is 0 Å². The van der Waals surface area contributed by atoms with E-state index in [9.17, 15) is 9.90 Å². The average Bonchev–Trinajstić information content (AvgIpc) is 2.58. The van der Waals surface area contributed by atoms with Gasteiger partial charge in [-0.05, 0) is 13.0 Å². The van der Waals surface area contributed by atoms with E-state index in [0.29, 0.717) is 6.54 Å². The summed E-state index contributed by atoms with van der Waals surface area (Å²) < 4.78 is 1.69. The molecule has 1 aromatic heterocycles. The molecule has 1 heterocycles. The van der Waals surface area contributed by atoms with E-state index in [4.69, 9.17) is 5.73 Å². The molecule has 2 rings (SSSR count). The summed E-state index contributed by atoms with van der Waals surface area (Å²) in [6, 6.07) is 6.46. The van der Waals surface area contributed by atoms with E-state index in [1.54, 1.807) is 10.6 Å². The smallest absolute Gasteiger partial charge is 0.356 e.